The van der Waals surface area contributed by atoms with Crippen LogP contribution in [0.2, 0.25) is 0 Å². The van der Waals surface area contributed by atoms with Crippen molar-refractivity contribution in [1.82, 2.24) is 5.32 Å². The van der Waals surface area contributed by atoms with Gasteiger partial charge in [0.15, 0.2) is 6.29 Å². The van der Waals surface area contributed by atoms with Gasteiger partial charge in [0.1, 0.15) is 24.4 Å². The zero-order valence-corrected chi connectivity index (χ0v) is 20.9. The van der Waals surface area contributed by atoms with E-state index in [4.69, 9.17) is 9.47 Å². The van der Waals surface area contributed by atoms with Crippen molar-refractivity contribution >= 4 is 0 Å². The standard InChI is InChI=1S/C25H51NO7/c1-3-4-5-6-7-8-9-10-11-12-13-14-15-20(28)16-19(26-2)18-32-25-24(31)23(30)22(29)21(17-27)33-25/h19-31H,3-18H2,1-2H3/t19-,20-,21?,22?,23?,24?,25?/m1/s1. The SMILES string of the molecule is CCCCCCCCCCCCCC[C@@H](O)C[C@H](COC1OC(CO)C(O)C(O)C1O)NC. The quantitative estimate of drug-likeness (QED) is 0.147. The molecule has 1 rings (SSSR count). The van der Waals surface area contributed by atoms with Gasteiger partial charge in [-0.1, -0.05) is 84.0 Å². The molecule has 0 aromatic rings. The third-order valence-corrected chi connectivity index (χ3v) is 6.67. The fraction of sp³-hybridized carbons (Fsp3) is 1.00. The first-order chi connectivity index (χ1) is 15.9. The Morgan fingerprint density at radius 2 is 1.36 bits per heavy atom. The van der Waals surface area contributed by atoms with E-state index in [1.165, 1.54) is 64.2 Å². The Labute approximate surface area is 200 Å². The molecule has 1 aliphatic rings. The van der Waals surface area contributed by atoms with Gasteiger partial charge in [-0.05, 0) is 19.9 Å². The topological polar surface area (TPSA) is 132 Å². The highest BCUT2D eigenvalue weighted by atomic mass is 16.7. The van der Waals surface area contributed by atoms with E-state index in [1.807, 2.05) is 0 Å². The number of nitrogens with one attached hydrogen (secondary N) is 1. The van der Waals surface area contributed by atoms with Crippen molar-refractivity contribution in [2.75, 3.05) is 20.3 Å². The molecular weight excluding hydrogens is 426 g/mol. The summed E-state index contributed by atoms with van der Waals surface area (Å²) in [7, 11) is 1.78. The van der Waals surface area contributed by atoms with Gasteiger partial charge in [-0.2, -0.15) is 0 Å². The molecule has 1 aliphatic heterocycles. The van der Waals surface area contributed by atoms with Gasteiger partial charge in [-0.3, -0.25) is 0 Å². The number of aliphatic hydroxyl groups excluding tert-OH is 5. The average molecular weight is 478 g/mol. The molecule has 0 aliphatic carbocycles. The minimum atomic E-state index is -1.45. The molecule has 1 saturated heterocycles. The normalized spacial score (nSPS) is 27.5. The maximum Gasteiger partial charge on any atom is 0.186 e. The molecule has 0 aromatic carbocycles. The Morgan fingerprint density at radius 1 is 0.818 bits per heavy atom. The van der Waals surface area contributed by atoms with Crippen LogP contribution < -0.4 is 5.32 Å². The Hall–Kier alpha value is -0.320. The minimum absolute atomic E-state index is 0.148. The molecule has 5 unspecified atom stereocenters. The molecule has 0 radical (unpaired) electrons. The highest BCUT2D eigenvalue weighted by Gasteiger charge is 2.44. The molecule has 0 saturated carbocycles. The minimum Gasteiger partial charge on any atom is -0.394 e. The molecule has 0 spiro atoms. The summed E-state index contributed by atoms with van der Waals surface area (Å²) in [5.41, 5.74) is 0. The van der Waals surface area contributed by atoms with Crippen LogP contribution >= 0.6 is 0 Å². The molecule has 6 N–H and O–H groups in total. The van der Waals surface area contributed by atoms with Crippen molar-refractivity contribution in [3.05, 3.63) is 0 Å². The molecule has 7 atom stereocenters. The highest BCUT2D eigenvalue weighted by Crippen LogP contribution is 2.22. The van der Waals surface area contributed by atoms with Crippen molar-refractivity contribution in [2.45, 2.75) is 140 Å². The van der Waals surface area contributed by atoms with Crippen LogP contribution in [0.4, 0.5) is 0 Å². The molecule has 8 heteroatoms. The van der Waals surface area contributed by atoms with Crippen LogP contribution in [-0.2, 0) is 9.47 Å². The van der Waals surface area contributed by atoms with E-state index < -0.39 is 43.4 Å². The molecule has 1 heterocycles. The molecule has 33 heavy (non-hydrogen) atoms. The summed E-state index contributed by atoms with van der Waals surface area (Å²) in [5, 5.41) is 52.5. The van der Waals surface area contributed by atoms with Gasteiger partial charge in [0, 0.05) is 6.04 Å². The Kier molecular flexibility index (Phi) is 17.6. The summed E-state index contributed by atoms with van der Waals surface area (Å²) in [6.07, 6.45) is 9.87. The first kappa shape index (κ1) is 30.7. The second-order valence-corrected chi connectivity index (χ2v) is 9.58. The largest absolute Gasteiger partial charge is 0.394 e. The number of aliphatic hydroxyl groups is 5. The van der Waals surface area contributed by atoms with E-state index in [9.17, 15) is 25.5 Å². The molecule has 1 fully saturated rings. The highest BCUT2D eigenvalue weighted by molar-refractivity contribution is 4.89. The predicted molar refractivity (Wildman–Crippen MR) is 129 cm³/mol. The van der Waals surface area contributed by atoms with Crippen LogP contribution in [0.25, 0.3) is 0 Å². The van der Waals surface area contributed by atoms with Crippen LogP contribution in [0, 0.1) is 0 Å². The smallest absolute Gasteiger partial charge is 0.186 e. The summed E-state index contributed by atoms with van der Waals surface area (Å²) in [6.45, 7) is 1.92. The third kappa shape index (κ3) is 12.8. The van der Waals surface area contributed by atoms with Crippen LogP contribution in [0.15, 0.2) is 0 Å². The number of hydrogen-bond acceptors (Lipinski definition) is 8. The zero-order valence-electron chi connectivity index (χ0n) is 20.9. The van der Waals surface area contributed by atoms with Crippen molar-refractivity contribution in [1.29, 1.82) is 0 Å². The van der Waals surface area contributed by atoms with E-state index in [1.54, 1.807) is 7.05 Å². The number of likely N-dealkylation sites (N-methyl/N-ethyl adjacent to an activating group) is 1. The zero-order chi connectivity index (χ0) is 24.5. The van der Waals surface area contributed by atoms with Gasteiger partial charge in [0.2, 0.25) is 0 Å². The second kappa shape index (κ2) is 18.9. The van der Waals surface area contributed by atoms with Gasteiger partial charge < -0.3 is 40.3 Å². The summed E-state index contributed by atoms with van der Waals surface area (Å²) in [6, 6.07) is -0.148. The van der Waals surface area contributed by atoms with Crippen molar-refractivity contribution < 1.29 is 35.0 Å². The van der Waals surface area contributed by atoms with Crippen LogP contribution in [-0.4, -0.2) is 88.6 Å². The summed E-state index contributed by atoms with van der Waals surface area (Å²) in [4.78, 5) is 0. The van der Waals surface area contributed by atoms with Crippen LogP contribution in [0.3, 0.4) is 0 Å². The lowest BCUT2D eigenvalue weighted by atomic mass is 9.99. The fourth-order valence-electron chi connectivity index (χ4n) is 4.35. The van der Waals surface area contributed by atoms with Crippen LogP contribution in [0.5, 0.6) is 0 Å². The fourth-order valence-corrected chi connectivity index (χ4v) is 4.35. The van der Waals surface area contributed by atoms with E-state index in [0.29, 0.717) is 6.42 Å². The number of rotatable bonds is 20. The molecular formula is C25H51NO7. The average Bonchev–Trinajstić information content (AvgIpc) is 2.82. The maximum atomic E-state index is 10.4. The number of unbranched alkanes of at least 4 members (excludes halogenated alkanes) is 11. The van der Waals surface area contributed by atoms with E-state index in [0.717, 1.165) is 19.3 Å². The van der Waals surface area contributed by atoms with E-state index in [-0.39, 0.29) is 12.6 Å². The maximum absolute atomic E-state index is 10.4. The second-order valence-electron chi connectivity index (χ2n) is 9.58. The summed E-state index contributed by atoms with van der Waals surface area (Å²) in [5.74, 6) is 0. The molecule has 8 nitrogen and oxygen atoms in total. The van der Waals surface area contributed by atoms with Crippen molar-refractivity contribution in [3.8, 4) is 0 Å². The number of hydrogen-bond donors (Lipinski definition) is 6. The van der Waals surface area contributed by atoms with Gasteiger partial charge >= 0.3 is 0 Å². The first-order valence-electron chi connectivity index (χ1n) is 13.2. The Bertz CT molecular complexity index is 454. The molecule has 0 bridgehead atoms. The lowest BCUT2D eigenvalue weighted by Gasteiger charge is -2.40. The predicted octanol–water partition coefficient (Wildman–Crippen LogP) is 2.23. The lowest BCUT2D eigenvalue weighted by Crippen LogP contribution is -2.59. The van der Waals surface area contributed by atoms with E-state index in [2.05, 4.69) is 12.2 Å². The molecule has 198 valence electrons. The third-order valence-electron chi connectivity index (χ3n) is 6.67. The first-order valence-corrected chi connectivity index (χ1v) is 13.2. The Morgan fingerprint density at radius 3 is 1.88 bits per heavy atom. The van der Waals surface area contributed by atoms with E-state index >= 15 is 0 Å². The molecule has 0 aromatic heterocycles. The number of ether oxygens (including phenoxy) is 2. The monoisotopic (exact) mass is 477 g/mol. The Balaban J connectivity index is 2.11. The van der Waals surface area contributed by atoms with Gasteiger partial charge in [-0.15, -0.1) is 0 Å². The summed E-state index contributed by atoms with van der Waals surface area (Å²) < 4.78 is 10.9. The van der Waals surface area contributed by atoms with Crippen molar-refractivity contribution in [2.24, 2.45) is 0 Å². The van der Waals surface area contributed by atoms with Gasteiger partial charge in [-0.25, -0.2) is 0 Å². The lowest BCUT2D eigenvalue weighted by molar-refractivity contribution is -0.302. The van der Waals surface area contributed by atoms with Crippen LogP contribution in [0.1, 0.15) is 96.8 Å². The van der Waals surface area contributed by atoms with Gasteiger partial charge in [0.05, 0.1) is 19.3 Å². The molecule has 0 amide bonds. The summed E-state index contributed by atoms with van der Waals surface area (Å²) >= 11 is 0. The van der Waals surface area contributed by atoms with Gasteiger partial charge in [0.25, 0.3) is 0 Å². The van der Waals surface area contributed by atoms with Crippen molar-refractivity contribution in [3.63, 3.8) is 0 Å².